The highest BCUT2D eigenvalue weighted by molar-refractivity contribution is 5.87. The van der Waals surface area contributed by atoms with Crippen LogP contribution in [0.4, 0.5) is 17.1 Å². The monoisotopic (exact) mass is 264 g/mol. The smallest absolute Gasteiger partial charge is 0.315 e. The Morgan fingerprint density at radius 3 is 2.79 bits per heavy atom. The van der Waals surface area contributed by atoms with E-state index in [1.165, 1.54) is 0 Å². The lowest BCUT2D eigenvalue weighted by atomic mass is 10.1. The number of nitrogens with zero attached hydrogens (tertiary/aromatic N) is 1. The number of hydrogen-bond donors (Lipinski definition) is 3. The molecule has 1 fully saturated rings. The van der Waals surface area contributed by atoms with Crippen LogP contribution in [0.25, 0.3) is 0 Å². The van der Waals surface area contributed by atoms with Gasteiger partial charge in [-0.2, -0.15) is 0 Å². The molecule has 2 rings (SSSR count). The molecule has 0 saturated carbocycles. The molecule has 1 aromatic rings. The van der Waals surface area contributed by atoms with Crippen LogP contribution in [-0.2, 0) is 4.79 Å². The third-order valence-electron chi connectivity index (χ3n) is 3.10. The Labute approximate surface area is 110 Å². The minimum atomic E-state index is -0.450. The molecule has 1 heterocycles. The van der Waals surface area contributed by atoms with Crippen molar-refractivity contribution in [3.63, 3.8) is 0 Å². The van der Waals surface area contributed by atoms with Gasteiger partial charge in [0.15, 0.2) is 0 Å². The van der Waals surface area contributed by atoms with Gasteiger partial charge in [-0.25, -0.2) is 0 Å². The van der Waals surface area contributed by atoms with Crippen molar-refractivity contribution in [3.8, 4) is 0 Å². The second-order valence-corrected chi connectivity index (χ2v) is 4.34. The Morgan fingerprint density at radius 1 is 1.42 bits per heavy atom. The first-order valence-electron chi connectivity index (χ1n) is 6.13. The molecule has 1 aromatic carbocycles. The molecule has 7 heteroatoms. The largest absolute Gasteiger partial charge is 0.382 e. The van der Waals surface area contributed by atoms with Crippen LogP contribution in [-0.4, -0.2) is 30.5 Å². The van der Waals surface area contributed by atoms with Crippen molar-refractivity contribution in [2.45, 2.75) is 18.9 Å². The van der Waals surface area contributed by atoms with E-state index in [9.17, 15) is 14.9 Å². The zero-order valence-electron chi connectivity index (χ0n) is 10.6. The molecule has 19 heavy (non-hydrogen) atoms. The summed E-state index contributed by atoms with van der Waals surface area (Å²) in [5, 5.41) is 19.6. The number of rotatable bonds is 4. The molecule has 0 bridgehead atoms. The van der Waals surface area contributed by atoms with Crippen molar-refractivity contribution in [2.24, 2.45) is 0 Å². The number of hydrogen-bond acceptors (Lipinski definition) is 5. The summed E-state index contributed by atoms with van der Waals surface area (Å²) < 4.78 is 0. The summed E-state index contributed by atoms with van der Waals surface area (Å²) in [5.74, 6) is -0.115. The van der Waals surface area contributed by atoms with Crippen molar-refractivity contribution in [2.75, 3.05) is 24.2 Å². The maximum Gasteiger partial charge on any atom is 0.315 e. The van der Waals surface area contributed by atoms with Gasteiger partial charge >= 0.3 is 5.69 Å². The second-order valence-electron chi connectivity index (χ2n) is 4.34. The fourth-order valence-electron chi connectivity index (χ4n) is 2.16. The number of nitro benzene ring substituents is 1. The summed E-state index contributed by atoms with van der Waals surface area (Å²) in [7, 11) is 1.62. The molecule has 1 aliphatic heterocycles. The molecule has 0 spiro atoms. The maximum atomic E-state index is 11.7. The highest BCUT2D eigenvalue weighted by Crippen LogP contribution is 2.33. The third kappa shape index (κ3) is 2.75. The number of carbonyl (C=O) groups is 1. The van der Waals surface area contributed by atoms with Crippen LogP contribution < -0.4 is 16.0 Å². The van der Waals surface area contributed by atoms with Crippen LogP contribution in [0.15, 0.2) is 18.2 Å². The van der Waals surface area contributed by atoms with E-state index in [0.717, 1.165) is 6.42 Å². The lowest BCUT2D eigenvalue weighted by molar-refractivity contribution is -0.383. The molecule has 102 valence electrons. The van der Waals surface area contributed by atoms with E-state index in [1.807, 2.05) is 0 Å². The van der Waals surface area contributed by atoms with Crippen molar-refractivity contribution >= 4 is 23.0 Å². The average Bonchev–Trinajstić information content (AvgIpc) is 2.40. The van der Waals surface area contributed by atoms with Crippen LogP contribution >= 0.6 is 0 Å². The Kier molecular flexibility index (Phi) is 3.84. The van der Waals surface area contributed by atoms with Gasteiger partial charge in [0.2, 0.25) is 5.91 Å². The minimum Gasteiger partial charge on any atom is -0.382 e. The highest BCUT2D eigenvalue weighted by Gasteiger charge is 2.26. The molecule has 1 unspecified atom stereocenters. The van der Waals surface area contributed by atoms with E-state index >= 15 is 0 Å². The Hall–Kier alpha value is -2.31. The van der Waals surface area contributed by atoms with E-state index in [-0.39, 0.29) is 11.6 Å². The number of para-hydroxylation sites is 1. The zero-order chi connectivity index (χ0) is 13.8. The molecule has 1 saturated heterocycles. The van der Waals surface area contributed by atoms with Gasteiger partial charge in [-0.05, 0) is 25.0 Å². The molecular weight excluding hydrogens is 248 g/mol. The normalized spacial score (nSPS) is 18.6. The zero-order valence-corrected chi connectivity index (χ0v) is 10.6. The van der Waals surface area contributed by atoms with E-state index in [1.54, 1.807) is 25.2 Å². The first kappa shape index (κ1) is 13.1. The van der Waals surface area contributed by atoms with Gasteiger partial charge in [0.05, 0.1) is 4.92 Å². The molecule has 0 aromatic heterocycles. The fraction of sp³-hybridized carbons (Fsp3) is 0.417. The first-order valence-corrected chi connectivity index (χ1v) is 6.13. The summed E-state index contributed by atoms with van der Waals surface area (Å²) in [6.07, 6.45) is 1.54. The number of piperidine rings is 1. The molecule has 1 aliphatic rings. The minimum absolute atomic E-state index is 0.0385. The van der Waals surface area contributed by atoms with Crippen LogP contribution in [0.2, 0.25) is 0 Å². The molecule has 7 nitrogen and oxygen atoms in total. The van der Waals surface area contributed by atoms with Crippen LogP contribution in [0.1, 0.15) is 12.8 Å². The number of carbonyl (C=O) groups excluding carboxylic acids is 1. The topological polar surface area (TPSA) is 96.3 Å². The number of amides is 1. The molecule has 1 amide bonds. The Balaban J connectivity index is 2.28. The number of anilines is 2. The van der Waals surface area contributed by atoms with E-state index < -0.39 is 11.0 Å². The van der Waals surface area contributed by atoms with Gasteiger partial charge in [0.1, 0.15) is 17.4 Å². The summed E-state index contributed by atoms with van der Waals surface area (Å²) in [5.41, 5.74) is 0.744. The van der Waals surface area contributed by atoms with Crippen molar-refractivity contribution in [3.05, 3.63) is 28.3 Å². The van der Waals surface area contributed by atoms with Gasteiger partial charge < -0.3 is 16.0 Å². The summed E-state index contributed by atoms with van der Waals surface area (Å²) in [4.78, 5) is 22.4. The van der Waals surface area contributed by atoms with Crippen molar-refractivity contribution < 1.29 is 9.72 Å². The fourth-order valence-corrected chi connectivity index (χ4v) is 2.16. The maximum absolute atomic E-state index is 11.7. The number of nitro groups is 1. The summed E-state index contributed by atoms with van der Waals surface area (Å²) in [6.45, 7) is 0.662. The van der Waals surface area contributed by atoms with Gasteiger partial charge in [-0.1, -0.05) is 6.07 Å². The Morgan fingerprint density at radius 2 is 2.16 bits per heavy atom. The highest BCUT2D eigenvalue weighted by atomic mass is 16.6. The van der Waals surface area contributed by atoms with E-state index in [2.05, 4.69) is 16.0 Å². The average molecular weight is 264 g/mol. The van der Waals surface area contributed by atoms with Crippen molar-refractivity contribution in [1.82, 2.24) is 5.32 Å². The summed E-state index contributed by atoms with van der Waals surface area (Å²) >= 11 is 0. The molecule has 0 radical (unpaired) electrons. The van der Waals surface area contributed by atoms with Gasteiger partial charge in [0, 0.05) is 13.6 Å². The lowest BCUT2D eigenvalue weighted by Crippen LogP contribution is -2.44. The van der Waals surface area contributed by atoms with E-state index in [0.29, 0.717) is 24.3 Å². The molecule has 0 aliphatic carbocycles. The SMILES string of the molecule is CNc1cccc(NC2CCCNC2=O)c1[N+](=O)[O-]. The molecule has 1 atom stereocenters. The quantitative estimate of drug-likeness (QED) is 0.563. The first-order chi connectivity index (χ1) is 9.13. The lowest BCUT2D eigenvalue weighted by Gasteiger charge is -2.23. The van der Waals surface area contributed by atoms with Gasteiger partial charge in [-0.15, -0.1) is 0 Å². The van der Waals surface area contributed by atoms with Crippen LogP contribution in [0.5, 0.6) is 0 Å². The van der Waals surface area contributed by atoms with Crippen LogP contribution in [0, 0.1) is 10.1 Å². The summed E-state index contributed by atoms with van der Waals surface area (Å²) in [6, 6.07) is 4.53. The van der Waals surface area contributed by atoms with Gasteiger partial charge in [-0.3, -0.25) is 14.9 Å². The van der Waals surface area contributed by atoms with Crippen LogP contribution in [0.3, 0.4) is 0 Å². The predicted octanol–water partition coefficient (Wildman–Crippen LogP) is 1.33. The second kappa shape index (κ2) is 5.55. The predicted molar refractivity (Wildman–Crippen MR) is 72.3 cm³/mol. The van der Waals surface area contributed by atoms with Gasteiger partial charge in [0.25, 0.3) is 0 Å². The third-order valence-corrected chi connectivity index (χ3v) is 3.10. The molecule has 3 N–H and O–H groups in total. The van der Waals surface area contributed by atoms with Crippen molar-refractivity contribution in [1.29, 1.82) is 0 Å². The molecular formula is C12H16N4O3. The standard InChI is InChI=1S/C12H16N4O3/c1-13-8-4-2-5-9(11(8)16(18)19)15-10-6-3-7-14-12(10)17/h2,4-5,10,13,15H,3,6-7H2,1H3,(H,14,17). The Bertz CT molecular complexity index is 504. The number of nitrogens with one attached hydrogen (secondary N) is 3. The van der Waals surface area contributed by atoms with E-state index in [4.69, 9.17) is 0 Å². The number of benzene rings is 1.